The molecule has 4 nitrogen and oxygen atoms in total. The van der Waals surface area contributed by atoms with Crippen LogP contribution in [0.25, 0.3) is 0 Å². The van der Waals surface area contributed by atoms with Crippen LogP contribution in [0.5, 0.6) is 5.75 Å². The minimum absolute atomic E-state index is 0.0180. The molecule has 0 fully saturated rings. The van der Waals surface area contributed by atoms with Crippen LogP contribution in [0.2, 0.25) is 0 Å². The third-order valence-corrected chi connectivity index (χ3v) is 3.52. The fraction of sp³-hybridized carbons (Fsp3) is 0.600. The summed E-state index contributed by atoms with van der Waals surface area (Å²) < 4.78 is 5.31. The lowest BCUT2D eigenvalue weighted by molar-refractivity contribution is 0.0925. The monoisotopic (exact) mass is 267 g/mol. The summed E-state index contributed by atoms with van der Waals surface area (Å²) in [4.78, 5) is 1.98. The molecule has 4 heteroatoms. The molecule has 0 aliphatic carbocycles. The standard InChI is InChI=1S/C15H25NO3/c1-4-13-9-12(5-6-15(13)19-3)7-8-16(2)14(10-17)11-18/h5-6,9,14,17-18H,4,7-8,10-11H2,1-3H3. The van der Waals surface area contributed by atoms with E-state index < -0.39 is 0 Å². The molecule has 19 heavy (non-hydrogen) atoms. The lowest BCUT2D eigenvalue weighted by Crippen LogP contribution is -2.38. The number of aliphatic hydroxyl groups is 2. The van der Waals surface area contributed by atoms with Gasteiger partial charge in [-0.1, -0.05) is 19.1 Å². The Morgan fingerprint density at radius 1 is 1.26 bits per heavy atom. The number of hydrogen-bond donors (Lipinski definition) is 2. The average Bonchev–Trinajstić information content (AvgIpc) is 2.45. The number of aliphatic hydroxyl groups excluding tert-OH is 2. The summed E-state index contributed by atoms with van der Waals surface area (Å²) in [6.45, 7) is 2.88. The Hall–Kier alpha value is -1.10. The number of likely N-dealkylation sites (N-methyl/N-ethyl adjacent to an activating group) is 1. The predicted octanol–water partition coefficient (Wildman–Crippen LogP) is 1.09. The van der Waals surface area contributed by atoms with E-state index in [9.17, 15) is 0 Å². The molecule has 0 saturated heterocycles. The van der Waals surface area contributed by atoms with E-state index in [4.69, 9.17) is 14.9 Å². The van der Waals surface area contributed by atoms with Gasteiger partial charge >= 0.3 is 0 Å². The van der Waals surface area contributed by atoms with Crippen LogP contribution in [-0.4, -0.2) is 55.1 Å². The van der Waals surface area contributed by atoms with E-state index in [0.717, 1.165) is 25.1 Å². The molecule has 1 aromatic rings. The maximum absolute atomic E-state index is 9.13. The van der Waals surface area contributed by atoms with Gasteiger partial charge in [0.25, 0.3) is 0 Å². The van der Waals surface area contributed by atoms with Gasteiger partial charge in [-0.3, -0.25) is 4.90 Å². The van der Waals surface area contributed by atoms with Gasteiger partial charge in [0.15, 0.2) is 0 Å². The average molecular weight is 267 g/mol. The van der Waals surface area contributed by atoms with Gasteiger partial charge in [-0.05, 0) is 37.1 Å². The van der Waals surface area contributed by atoms with E-state index in [1.807, 2.05) is 18.0 Å². The van der Waals surface area contributed by atoms with E-state index in [0.29, 0.717) is 0 Å². The van der Waals surface area contributed by atoms with E-state index in [1.165, 1.54) is 11.1 Å². The Kier molecular flexibility index (Phi) is 6.84. The quantitative estimate of drug-likeness (QED) is 0.740. The summed E-state index contributed by atoms with van der Waals surface area (Å²) in [5, 5.41) is 18.3. The second-order valence-corrected chi connectivity index (χ2v) is 4.75. The molecule has 0 bridgehead atoms. The molecule has 0 amide bonds. The van der Waals surface area contributed by atoms with Crippen molar-refractivity contribution >= 4 is 0 Å². The molecule has 108 valence electrons. The first kappa shape index (κ1) is 16.0. The first-order valence-electron chi connectivity index (χ1n) is 6.74. The third-order valence-electron chi connectivity index (χ3n) is 3.52. The maximum atomic E-state index is 9.13. The third kappa shape index (κ3) is 4.49. The maximum Gasteiger partial charge on any atom is 0.122 e. The van der Waals surface area contributed by atoms with Crippen LogP contribution in [-0.2, 0) is 12.8 Å². The molecule has 1 aromatic carbocycles. The Balaban J connectivity index is 2.62. The molecule has 0 radical (unpaired) electrons. The van der Waals surface area contributed by atoms with Gasteiger partial charge in [0, 0.05) is 6.54 Å². The molecule has 1 rings (SSSR count). The lowest BCUT2D eigenvalue weighted by atomic mass is 10.0. The Bertz CT molecular complexity index is 378. The van der Waals surface area contributed by atoms with Crippen molar-refractivity contribution in [3.05, 3.63) is 29.3 Å². The predicted molar refractivity (Wildman–Crippen MR) is 76.7 cm³/mol. The zero-order valence-corrected chi connectivity index (χ0v) is 12.1. The molecule has 0 heterocycles. The Morgan fingerprint density at radius 3 is 2.47 bits per heavy atom. The summed E-state index contributed by atoms with van der Waals surface area (Å²) >= 11 is 0. The van der Waals surface area contributed by atoms with Gasteiger partial charge in [-0.2, -0.15) is 0 Å². The van der Waals surface area contributed by atoms with Crippen LogP contribution in [0.15, 0.2) is 18.2 Å². The zero-order chi connectivity index (χ0) is 14.3. The highest BCUT2D eigenvalue weighted by Crippen LogP contribution is 2.20. The fourth-order valence-electron chi connectivity index (χ4n) is 2.09. The fourth-order valence-corrected chi connectivity index (χ4v) is 2.09. The van der Waals surface area contributed by atoms with Gasteiger partial charge in [-0.15, -0.1) is 0 Å². The lowest BCUT2D eigenvalue weighted by Gasteiger charge is -2.24. The van der Waals surface area contributed by atoms with Crippen molar-refractivity contribution in [3.8, 4) is 5.75 Å². The highest BCUT2D eigenvalue weighted by atomic mass is 16.5. The second kappa shape index (κ2) is 8.15. The Labute approximate surface area is 115 Å². The number of nitrogens with zero attached hydrogens (tertiary/aromatic N) is 1. The van der Waals surface area contributed by atoms with Crippen LogP contribution in [0.4, 0.5) is 0 Å². The summed E-state index contributed by atoms with van der Waals surface area (Å²) in [6, 6.07) is 6.06. The van der Waals surface area contributed by atoms with E-state index >= 15 is 0 Å². The molecule has 0 spiro atoms. The highest BCUT2D eigenvalue weighted by molar-refractivity contribution is 5.37. The SMILES string of the molecule is CCc1cc(CCN(C)C(CO)CO)ccc1OC. The molecule has 0 aliphatic rings. The van der Waals surface area contributed by atoms with Crippen molar-refractivity contribution in [1.82, 2.24) is 4.90 Å². The van der Waals surface area contributed by atoms with Crippen molar-refractivity contribution < 1.29 is 14.9 Å². The number of aryl methyl sites for hydroxylation is 1. The molecule has 0 saturated carbocycles. The van der Waals surface area contributed by atoms with E-state index in [2.05, 4.69) is 19.1 Å². The molecule has 0 aliphatic heterocycles. The van der Waals surface area contributed by atoms with E-state index in [1.54, 1.807) is 7.11 Å². The summed E-state index contributed by atoms with van der Waals surface area (Å²) in [6.07, 6.45) is 1.84. The van der Waals surface area contributed by atoms with Crippen molar-refractivity contribution in [2.75, 3.05) is 33.9 Å². The number of hydrogen-bond acceptors (Lipinski definition) is 4. The first-order chi connectivity index (χ1) is 9.15. The molecular formula is C15H25NO3. The summed E-state index contributed by atoms with van der Waals surface area (Å²) in [5.74, 6) is 0.934. The van der Waals surface area contributed by atoms with Gasteiger partial charge in [0.1, 0.15) is 5.75 Å². The molecule has 0 unspecified atom stereocenters. The highest BCUT2D eigenvalue weighted by Gasteiger charge is 2.12. The van der Waals surface area contributed by atoms with Crippen LogP contribution >= 0.6 is 0 Å². The molecule has 2 N–H and O–H groups in total. The molecule has 0 atom stereocenters. The van der Waals surface area contributed by atoms with Gasteiger partial charge < -0.3 is 14.9 Å². The molecular weight excluding hydrogens is 242 g/mol. The summed E-state index contributed by atoms with van der Waals surface area (Å²) in [7, 11) is 3.61. The Morgan fingerprint density at radius 2 is 1.95 bits per heavy atom. The number of methoxy groups -OCH3 is 1. The summed E-state index contributed by atoms with van der Waals surface area (Å²) in [5.41, 5.74) is 2.46. The van der Waals surface area contributed by atoms with E-state index in [-0.39, 0.29) is 19.3 Å². The topological polar surface area (TPSA) is 52.9 Å². The van der Waals surface area contributed by atoms with Crippen LogP contribution in [0.3, 0.4) is 0 Å². The molecule has 0 aromatic heterocycles. The number of ether oxygens (including phenoxy) is 1. The smallest absolute Gasteiger partial charge is 0.122 e. The first-order valence-corrected chi connectivity index (χ1v) is 6.74. The normalized spacial score (nSPS) is 11.3. The van der Waals surface area contributed by atoms with Crippen LogP contribution in [0, 0.1) is 0 Å². The van der Waals surface area contributed by atoms with Crippen molar-refractivity contribution in [3.63, 3.8) is 0 Å². The van der Waals surface area contributed by atoms with Gasteiger partial charge in [-0.25, -0.2) is 0 Å². The minimum Gasteiger partial charge on any atom is -0.496 e. The zero-order valence-electron chi connectivity index (χ0n) is 12.1. The van der Waals surface area contributed by atoms with Crippen molar-refractivity contribution in [1.29, 1.82) is 0 Å². The number of rotatable bonds is 8. The number of benzene rings is 1. The van der Waals surface area contributed by atoms with Crippen LogP contribution < -0.4 is 4.74 Å². The van der Waals surface area contributed by atoms with Crippen LogP contribution in [0.1, 0.15) is 18.1 Å². The van der Waals surface area contributed by atoms with Crippen molar-refractivity contribution in [2.24, 2.45) is 0 Å². The second-order valence-electron chi connectivity index (χ2n) is 4.75. The van der Waals surface area contributed by atoms with Crippen molar-refractivity contribution in [2.45, 2.75) is 25.8 Å². The van der Waals surface area contributed by atoms with Gasteiger partial charge in [0.05, 0.1) is 26.4 Å². The minimum atomic E-state index is -0.177. The van der Waals surface area contributed by atoms with Gasteiger partial charge in [0.2, 0.25) is 0 Å². The largest absolute Gasteiger partial charge is 0.496 e.